The van der Waals surface area contributed by atoms with Gasteiger partial charge in [-0.15, -0.1) is 0 Å². The molecule has 5 rings (SSSR count). The van der Waals surface area contributed by atoms with Gasteiger partial charge in [0.05, 0.1) is 29.4 Å². The van der Waals surface area contributed by atoms with Gasteiger partial charge in [0.25, 0.3) is 0 Å². The van der Waals surface area contributed by atoms with Crippen LogP contribution in [0.2, 0.25) is 5.02 Å². The summed E-state index contributed by atoms with van der Waals surface area (Å²) in [6.07, 6.45) is 3.70. The largest absolute Gasteiger partial charge is 0.490 e. The van der Waals surface area contributed by atoms with Gasteiger partial charge in [-0.25, -0.2) is 4.98 Å². The van der Waals surface area contributed by atoms with Crippen molar-refractivity contribution in [3.8, 4) is 11.6 Å². The number of rotatable bonds is 8. The normalized spacial score (nSPS) is 17.1. The van der Waals surface area contributed by atoms with E-state index in [-0.39, 0.29) is 12.1 Å². The molecule has 0 spiro atoms. The highest BCUT2D eigenvalue weighted by molar-refractivity contribution is 7.80. The number of nitrogens with zero attached hydrogens (tertiary/aromatic N) is 4. The molecule has 0 bridgehead atoms. The van der Waals surface area contributed by atoms with E-state index >= 15 is 0 Å². The van der Waals surface area contributed by atoms with Gasteiger partial charge in [0, 0.05) is 36.6 Å². The first-order chi connectivity index (χ1) is 18.4. The molecular weight excluding hydrogens is 518 g/mol. The molecule has 2 atom stereocenters. The molecule has 7 nitrogen and oxygen atoms in total. The molecule has 4 aromatic rings. The molecule has 1 aliphatic rings. The van der Waals surface area contributed by atoms with Gasteiger partial charge < -0.3 is 24.3 Å². The van der Waals surface area contributed by atoms with Gasteiger partial charge in [0.15, 0.2) is 5.11 Å². The number of anilines is 1. The summed E-state index contributed by atoms with van der Waals surface area (Å²) in [6, 6.07) is 17.7. The quantitative estimate of drug-likeness (QED) is 0.213. The fourth-order valence-electron chi connectivity index (χ4n) is 4.97. The average molecular weight is 548 g/mol. The molecule has 3 aromatic heterocycles. The summed E-state index contributed by atoms with van der Waals surface area (Å²) in [5.74, 6) is 1.49. The number of pyridine rings is 2. The minimum absolute atomic E-state index is 0.167. The SMILES string of the molecule is COCCOc1ccc(N2C(=S)N[C@H](c3ccccn3)[C@@H]2c2cc(C)n(-c3ccc(C)cn3)c2C)cc1Cl. The third-order valence-electron chi connectivity index (χ3n) is 6.75. The maximum absolute atomic E-state index is 6.65. The summed E-state index contributed by atoms with van der Waals surface area (Å²) in [4.78, 5) is 11.5. The number of hydrogen-bond acceptors (Lipinski definition) is 5. The number of benzene rings is 1. The summed E-state index contributed by atoms with van der Waals surface area (Å²) in [6.45, 7) is 7.16. The van der Waals surface area contributed by atoms with Gasteiger partial charge in [0.2, 0.25) is 0 Å². The standard InChI is InChI=1S/C29H30ClN5O2S/c1-18-8-11-26(32-17-18)34-19(2)15-22(20(34)3)28-27(24-7-5-6-12-31-24)33-29(38)35(28)21-9-10-25(23(30)16-21)37-14-13-36-4/h5-12,15-17,27-28H,13-14H2,1-4H3,(H,33,38)/t27-,28+/m1/s1. The molecule has 1 aromatic carbocycles. The topological polar surface area (TPSA) is 64.4 Å². The van der Waals surface area contributed by atoms with Gasteiger partial charge in [-0.1, -0.05) is 23.7 Å². The molecule has 0 amide bonds. The Morgan fingerprint density at radius 1 is 1.03 bits per heavy atom. The Balaban J connectivity index is 1.60. The highest BCUT2D eigenvalue weighted by Crippen LogP contribution is 2.44. The van der Waals surface area contributed by atoms with Crippen LogP contribution in [0, 0.1) is 20.8 Å². The summed E-state index contributed by atoms with van der Waals surface area (Å²) in [7, 11) is 1.64. The molecule has 1 saturated heterocycles. The predicted molar refractivity (Wildman–Crippen MR) is 155 cm³/mol. The van der Waals surface area contributed by atoms with Crippen LogP contribution in [0.1, 0.15) is 40.3 Å². The van der Waals surface area contributed by atoms with Crippen molar-refractivity contribution in [2.75, 3.05) is 25.2 Å². The highest BCUT2D eigenvalue weighted by atomic mass is 35.5. The summed E-state index contributed by atoms with van der Waals surface area (Å²) in [5.41, 5.74) is 6.21. The number of aryl methyl sites for hydroxylation is 2. The molecule has 4 heterocycles. The second-order valence-corrected chi connectivity index (χ2v) is 10.1. The number of methoxy groups -OCH3 is 1. The van der Waals surface area contributed by atoms with E-state index in [9.17, 15) is 0 Å². The van der Waals surface area contributed by atoms with E-state index in [1.54, 1.807) is 7.11 Å². The van der Waals surface area contributed by atoms with E-state index in [0.717, 1.165) is 39.7 Å². The maximum Gasteiger partial charge on any atom is 0.174 e. The molecule has 1 N–H and O–H groups in total. The van der Waals surface area contributed by atoms with Gasteiger partial charge in [-0.05, 0) is 86.6 Å². The maximum atomic E-state index is 6.65. The van der Waals surface area contributed by atoms with Crippen molar-refractivity contribution in [3.05, 3.63) is 100 Å². The lowest BCUT2D eigenvalue weighted by molar-refractivity contribution is 0.146. The first-order valence-corrected chi connectivity index (χ1v) is 13.2. The number of nitrogens with one attached hydrogen (secondary N) is 1. The van der Waals surface area contributed by atoms with Crippen LogP contribution in [0.4, 0.5) is 5.69 Å². The van der Waals surface area contributed by atoms with Crippen molar-refractivity contribution in [2.24, 2.45) is 0 Å². The number of ether oxygens (including phenoxy) is 2. The molecule has 1 aliphatic heterocycles. The molecule has 38 heavy (non-hydrogen) atoms. The Kier molecular flexibility index (Phi) is 7.65. The number of halogens is 1. The number of thiocarbonyl (C=S) groups is 1. The first-order valence-electron chi connectivity index (χ1n) is 12.4. The Bertz CT molecular complexity index is 1440. The highest BCUT2D eigenvalue weighted by Gasteiger charge is 2.42. The van der Waals surface area contributed by atoms with Gasteiger partial charge >= 0.3 is 0 Å². The summed E-state index contributed by atoms with van der Waals surface area (Å²) >= 11 is 12.6. The summed E-state index contributed by atoms with van der Waals surface area (Å²) in [5, 5.41) is 4.64. The molecule has 196 valence electrons. The van der Waals surface area contributed by atoms with Crippen LogP contribution in [0.5, 0.6) is 5.75 Å². The lowest BCUT2D eigenvalue weighted by atomic mass is 9.96. The van der Waals surface area contributed by atoms with Crippen LogP contribution in [0.15, 0.2) is 67.0 Å². The fraction of sp³-hybridized carbons (Fsp3) is 0.276. The Morgan fingerprint density at radius 2 is 1.87 bits per heavy atom. The van der Waals surface area contributed by atoms with Crippen molar-refractivity contribution in [2.45, 2.75) is 32.9 Å². The zero-order valence-corrected chi connectivity index (χ0v) is 23.4. The van der Waals surface area contributed by atoms with E-state index in [1.165, 1.54) is 0 Å². The lowest BCUT2D eigenvalue weighted by Crippen LogP contribution is -2.29. The Morgan fingerprint density at radius 3 is 2.55 bits per heavy atom. The zero-order chi connectivity index (χ0) is 26.8. The van der Waals surface area contributed by atoms with Crippen LogP contribution >= 0.6 is 23.8 Å². The average Bonchev–Trinajstić information content (AvgIpc) is 3.41. The van der Waals surface area contributed by atoms with E-state index < -0.39 is 0 Å². The summed E-state index contributed by atoms with van der Waals surface area (Å²) < 4.78 is 13.0. The molecule has 0 radical (unpaired) electrons. The second kappa shape index (κ2) is 11.1. The van der Waals surface area contributed by atoms with Crippen LogP contribution in [0.25, 0.3) is 5.82 Å². The van der Waals surface area contributed by atoms with Gasteiger partial charge in [-0.3, -0.25) is 4.98 Å². The predicted octanol–water partition coefficient (Wildman–Crippen LogP) is 6.05. The number of aromatic nitrogens is 3. The molecule has 0 unspecified atom stereocenters. The minimum atomic E-state index is -0.167. The Labute approximate surface area is 233 Å². The molecule has 1 fully saturated rings. The van der Waals surface area contributed by atoms with Crippen molar-refractivity contribution < 1.29 is 9.47 Å². The van der Waals surface area contributed by atoms with Crippen LogP contribution < -0.4 is 15.0 Å². The smallest absolute Gasteiger partial charge is 0.174 e. The fourth-order valence-corrected chi connectivity index (χ4v) is 5.55. The van der Waals surface area contributed by atoms with E-state index in [1.807, 2.05) is 61.8 Å². The Hall–Kier alpha value is -3.46. The zero-order valence-electron chi connectivity index (χ0n) is 21.8. The second-order valence-electron chi connectivity index (χ2n) is 9.31. The van der Waals surface area contributed by atoms with Crippen LogP contribution in [-0.2, 0) is 4.74 Å². The molecule has 0 saturated carbocycles. The number of hydrogen-bond donors (Lipinski definition) is 1. The van der Waals surface area contributed by atoms with Crippen molar-refractivity contribution >= 4 is 34.6 Å². The van der Waals surface area contributed by atoms with Crippen molar-refractivity contribution in [1.29, 1.82) is 0 Å². The third-order valence-corrected chi connectivity index (χ3v) is 7.36. The lowest BCUT2D eigenvalue weighted by Gasteiger charge is -2.28. The van der Waals surface area contributed by atoms with E-state index in [4.69, 9.17) is 33.3 Å². The van der Waals surface area contributed by atoms with Crippen LogP contribution in [0.3, 0.4) is 0 Å². The van der Waals surface area contributed by atoms with Crippen LogP contribution in [-0.4, -0.2) is 40.0 Å². The minimum Gasteiger partial charge on any atom is -0.490 e. The molecule has 0 aliphatic carbocycles. The third kappa shape index (κ3) is 4.99. The first kappa shape index (κ1) is 26.2. The molecular formula is C29H30ClN5O2S. The van der Waals surface area contributed by atoms with Gasteiger partial charge in [-0.2, -0.15) is 0 Å². The van der Waals surface area contributed by atoms with Crippen molar-refractivity contribution in [1.82, 2.24) is 19.9 Å². The van der Waals surface area contributed by atoms with Gasteiger partial charge in [0.1, 0.15) is 18.2 Å². The van der Waals surface area contributed by atoms with E-state index in [0.29, 0.717) is 29.1 Å². The van der Waals surface area contributed by atoms with E-state index in [2.05, 4.69) is 50.7 Å². The van der Waals surface area contributed by atoms with Crippen molar-refractivity contribution in [3.63, 3.8) is 0 Å². The monoisotopic (exact) mass is 547 g/mol. The molecule has 9 heteroatoms.